The van der Waals surface area contributed by atoms with Crippen LogP contribution in [0.25, 0.3) is 11.8 Å². The van der Waals surface area contributed by atoms with Crippen LogP contribution < -0.4 is 10.6 Å². The van der Waals surface area contributed by atoms with Crippen LogP contribution in [0, 0.1) is 0 Å². The van der Waals surface area contributed by atoms with Crippen LogP contribution in [0.3, 0.4) is 0 Å². The van der Waals surface area contributed by atoms with Crippen LogP contribution >= 0.6 is 11.6 Å². The summed E-state index contributed by atoms with van der Waals surface area (Å²) < 4.78 is 6.84. The van der Waals surface area contributed by atoms with Gasteiger partial charge in [-0.1, -0.05) is 55.8 Å². The number of nitrogens with one attached hydrogen (secondary N) is 2. The van der Waals surface area contributed by atoms with Gasteiger partial charge in [0.1, 0.15) is 19.0 Å². The molecular weight excluding hydrogens is 582 g/mol. The molecule has 0 spiro atoms. The minimum absolute atomic E-state index is 0.260. The number of halogens is 1. The highest BCUT2D eigenvalue weighted by molar-refractivity contribution is 6.30. The zero-order valence-electron chi connectivity index (χ0n) is 24.5. The second kappa shape index (κ2) is 16.1. The Kier molecular flexibility index (Phi) is 11.7. The first-order valence-corrected chi connectivity index (χ1v) is 14.6. The number of anilines is 1. The number of carbonyl (C=O) groups is 3. The maximum atomic E-state index is 13.4. The molecule has 0 bridgehead atoms. The molecule has 0 unspecified atom stereocenters. The molecule has 4 aromatic rings. The number of tetrazole rings is 1. The van der Waals surface area contributed by atoms with Crippen molar-refractivity contribution >= 4 is 41.1 Å². The second-order valence-corrected chi connectivity index (χ2v) is 10.2. The quantitative estimate of drug-likeness (QED) is 0.159. The van der Waals surface area contributed by atoms with Gasteiger partial charge in [0, 0.05) is 35.3 Å². The van der Waals surface area contributed by atoms with Crippen molar-refractivity contribution in [2.45, 2.75) is 26.3 Å². The summed E-state index contributed by atoms with van der Waals surface area (Å²) in [4.78, 5) is 41.0. The van der Waals surface area contributed by atoms with Crippen molar-refractivity contribution in [3.8, 4) is 5.69 Å². The van der Waals surface area contributed by atoms with Crippen LogP contribution in [-0.2, 0) is 20.7 Å². The van der Waals surface area contributed by atoms with E-state index in [0.29, 0.717) is 40.7 Å². The van der Waals surface area contributed by atoms with Crippen LogP contribution in [0.5, 0.6) is 0 Å². The molecule has 1 atom stereocenters. The number of aromatic nitrogens is 4. The largest absolute Gasteiger partial charge is 0.461 e. The van der Waals surface area contributed by atoms with Crippen molar-refractivity contribution in [1.29, 1.82) is 0 Å². The van der Waals surface area contributed by atoms with Crippen LogP contribution in [0.15, 0.2) is 85.2 Å². The van der Waals surface area contributed by atoms with E-state index in [4.69, 9.17) is 16.3 Å². The van der Waals surface area contributed by atoms with E-state index in [-0.39, 0.29) is 6.42 Å². The van der Waals surface area contributed by atoms with Crippen molar-refractivity contribution in [1.82, 2.24) is 30.4 Å². The molecule has 4 rings (SSSR count). The molecule has 228 valence electrons. The minimum Gasteiger partial charge on any atom is -0.461 e. The second-order valence-electron chi connectivity index (χ2n) is 9.77. The molecule has 0 fully saturated rings. The van der Waals surface area contributed by atoms with Gasteiger partial charge in [-0.05, 0) is 77.6 Å². The molecule has 1 aromatic heterocycles. The lowest BCUT2D eigenvalue weighted by molar-refractivity contribution is -0.123. The number of carbonyl (C=O) groups excluding carboxylic acids is 3. The minimum atomic E-state index is -0.891. The summed E-state index contributed by atoms with van der Waals surface area (Å²) >= 11 is 6.18. The van der Waals surface area contributed by atoms with Crippen LogP contribution in [0.1, 0.15) is 35.3 Å². The molecule has 11 nitrogen and oxygen atoms in total. The van der Waals surface area contributed by atoms with E-state index in [2.05, 4.69) is 44.9 Å². The highest BCUT2D eigenvalue weighted by Crippen LogP contribution is 2.20. The van der Waals surface area contributed by atoms with Crippen molar-refractivity contribution in [3.05, 3.63) is 107 Å². The van der Waals surface area contributed by atoms with Crippen LogP contribution in [0.4, 0.5) is 5.69 Å². The lowest BCUT2D eigenvalue weighted by Gasteiger charge is -2.18. The first-order valence-electron chi connectivity index (χ1n) is 14.2. The van der Waals surface area contributed by atoms with Crippen molar-refractivity contribution < 1.29 is 19.1 Å². The topological polar surface area (TPSA) is 131 Å². The summed E-state index contributed by atoms with van der Waals surface area (Å²) in [6.07, 6.45) is 4.60. The molecule has 0 aliphatic heterocycles. The molecule has 0 saturated carbocycles. The number of esters is 1. The molecule has 2 N–H and O–H groups in total. The van der Waals surface area contributed by atoms with Gasteiger partial charge in [-0.2, -0.15) is 4.68 Å². The number of hydrogen-bond acceptors (Lipinski definition) is 8. The zero-order valence-corrected chi connectivity index (χ0v) is 25.3. The maximum Gasteiger partial charge on any atom is 0.338 e. The summed E-state index contributed by atoms with van der Waals surface area (Å²) in [7, 11) is 0. The Hall–Kier alpha value is -4.87. The molecule has 0 aliphatic rings. The predicted molar refractivity (Wildman–Crippen MR) is 168 cm³/mol. The van der Waals surface area contributed by atoms with E-state index in [1.807, 2.05) is 30.3 Å². The van der Waals surface area contributed by atoms with Gasteiger partial charge in [-0.25, -0.2) is 4.79 Å². The van der Waals surface area contributed by atoms with Gasteiger partial charge in [-0.15, -0.1) is 5.10 Å². The Balaban J connectivity index is 1.42. The van der Waals surface area contributed by atoms with Gasteiger partial charge in [0.25, 0.3) is 0 Å². The zero-order chi connectivity index (χ0) is 31.3. The smallest absolute Gasteiger partial charge is 0.338 e. The summed E-state index contributed by atoms with van der Waals surface area (Å²) in [5.74, 6) is -1.33. The number of ether oxygens (including phenoxy) is 1. The first kappa shape index (κ1) is 32.1. The van der Waals surface area contributed by atoms with Crippen LogP contribution in [-0.4, -0.2) is 75.2 Å². The molecule has 0 aliphatic carbocycles. The molecule has 2 amide bonds. The molecular formula is C32H34ClN7O4. The molecule has 44 heavy (non-hydrogen) atoms. The van der Waals surface area contributed by atoms with Crippen molar-refractivity contribution in [2.75, 3.05) is 31.6 Å². The van der Waals surface area contributed by atoms with E-state index in [1.54, 1.807) is 48.5 Å². The number of rotatable bonds is 14. The highest BCUT2D eigenvalue weighted by Gasteiger charge is 2.21. The Bertz CT molecular complexity index is 1560. The molecule has 3 aromatic carbocycles. The van der Waals surface area contributed by atoms with Gasteiger partial charge in [0.05, 0.1) is 11.3 Å². The Morgan fingerprint density at radius 3 is 2.45 bits per heavy atom. The summed E-state index contributed by atoms with van der Waals surface area (Å²) in [6.45, 7) is 6.84. The highest BCUT2D eigenvalue weighted by atomic mass is 35.5. The van der Waals surface area contributed by atoms with Gasteiger partial charge in [0.15, 0.2) is 0 Å². The number of nitrogens with zero attached hydrogens (tertiary/aromatic N) is 5. The SMILES string of the molecule is CCN(CC)CCOC(=O)c1ccc(NC(=O)[C@H](Cc2ccccc2)NC(=O)/C=C/c2cc(Cl)ccc2-n2cnnn2)cc1. The third kappa shape index (κ3) is 9.32. The third-order valence-electron chi connectivity index (χ3n) is 6.84. The number of likely N-dealkylation sites (N-methyl/N-ethyl adjacent to an activating group) is 1. The van der Waals surface area contributed by atoms with Gasteiger partial charge >= 0.3 is 5.97 Å². The van der Waals surface area contributed by atoms with Gasteiger partial charge < -0.3 is 20.3 Å². The average Bonchev–Trinajstić information content (AvgIpc) is 3.57. The fourth-order valence-electron chi connectivity index (χ4n) is 4.39. The Labute approximate surface area is 260 Å². The fraction of sp³-hybridized carbons (Fsp3) is 0.250. The number of hydrogen-bond donors (Lipinski definition) is 2. The molecule has 1 heterocycles. The maximum absolute atomic E-state index is 13.4. The molecule has 0 radical (unpaired) electrons. The lowest BCUT2D eigenvalue weighted by atomic mass is 10.0. The standard InChI is InChI=1S/C32H34ClN7O4/c1-3-39(4-2)18-19-44-32(43)24-10-14-27(15-11-24)35-31(42)28(20-23-8-6-5-7-9-23)36-30(41)17-12-25-21-26(33)13-16-29(25)40-22-34-37-38-40/h5-17,21-22,28H,3-4,18-20H2,1-2H3,(H,35,42)(H,36,41)/b17-12+/t28-/m0/s1. The van der Waals surface area contributed by atoms with E-state index in [1.165, 1.54) is 17.1 Å². The first-order chi connectivity index (χ1) is 21.4. The van der Waals surface area contributed by atoms with Crippen molar-refractivity contribution in [3.63, 3.8) is 0 Å². The van der Waals surface area contributed by atoms with E-state index in [0.717, 1.165) is 18.7 Å². The Morgan fingerprint density at radius 2 is 1.77 bits per heavy atom. The lowest BCUT2D eigenvalue weighted by Crippen LogP contribution is -2.44. The van der Waals surface area contributed by atoms with E-state index in [9.17, 15) is 14.4 Å². The van der Waals surface area contributed by atoms with E-state index >= 15 is 0 Å². The summed E-state index contributed by atoms with van der Waals surface area (Å²) in [5.41, 5.74) is 2.95. The average molecular weight is 616 g/mol. The normalized spacial score (nSPS) is 11.8. The molecule has 12 heteroatoms. The number of amides is 2. The van der Waals surface area contributed by atoms with Crippen LogP contribution in [0.2, 0.25) is 5.02 Å². The van der Waals surface area contributed by atoms with E-state index < -0.39 is 23.8 Å². The van der Waals surface area contributed by atoms with Gasteiger partial charge in [0.2, 0.25) is 11.8 Å². The molecule has 0 saturated heterocycles. The Morgan fingerprint density at radius 1 is 1.02 bits per heavy atom. The van der Waals surface area contributed by atoms with Gasteiger partial charge in [-0.3, -0.25) is 9.59 Å². The summed E-state index contributed by atoms with van der Waals surface area (Å²) in [5, 5.41) is 17.3. The predicted octanol–water partition coefficient (Wildman–Crippen LogP) is 4.19. The third-order valence-corrected chi connectivity index (χ3v) is 7.07. The monoisotopic (exact) mass is 615 g/mol. The fourth-order valence-corrected chi connectivity index (χ4v) is 4.57. The number of benzene rings is 3. The summed E-state index contributed by atoms with van der Waals surface area (Å²) in [6, 6.07) is 20.0. The van der Waals surface area contributed by atoms with Crippen molar-refractivity contribution in [2.24, 2.45) is 0 Å².